The van der Waals surface area contributed by atoms with Crippen LogP contribution in [0.3, 0.4) is 0 Å². The van der Waals surface area contributed by atoms with Gasteiger partial charge in [-0.2, -0.15) is 0 Å². The Balaban J connectivity index is 0. The van der Waals surface area contributed by atoms with Crippen molar-refractivity contribution in [2.24, 2.45) is 0 Å². The standard InChI is InChI=1S/C3H7Cl.HNO4/c1-2-3-4;2-1(3)5-4/h2-3H2,1H3;4H. The van der Waals surface area contributed by atoms with Crippen molar-refractivity contribution in [2.45, 2.75) is 13.3 Å². The van der Waals surface area contributed by atoms with Gasteiger partial charge in [-0.15, -0.1) is 26.7 Å². The van der Waals surface area contributed by atoms with E-state index in [2.05, 4.69) is 4.99 Å². The van der Waals surface area contributed by atoms with Gasteiger partial charge in [0.25, 0.3) is 0 Å². The average molecular weight is 158 g/mol. The predicted molar refractivity (Wildman–Crippen MR) is 31.7 cm³/mol. The first-order valence-electron chi connectivity index (χ1n) is 2.20. The van der Waals surface area contributed by atoms with E-state index in [1.807, 2.05) is 6.92 Å². The maximum Gasteiger partial charge on any atom is 0.322 e. The zero-order valence-electron chi connectivity index (χ0n) is 4.91. The molecule has 0 bridgehead atoms. The van der Waals surface area contributed by atoms with E-state index in [-0.39, 0.29) is 0 Å². The number of nitrogens with zero attached hydrogens (tertiary/aromatic N) is 1. The quantitative estimate of drug-likeness (QED) is 0.284. The second-order valence-electron chi connectivity index (χ2n) is 0.994. The molecular weight excluding hydrogens is 149 g/mol. The van der Waals surface area contributed by atoms with Gasteiger partial charge in [-0.25, -0.2) is 5.26 Å². The molecule has 0 aromatic heterocycles. The Morgan fingerprint density at radius 2 is 2.11 bits per heavy atom. The van der Waals surface area contributed by atoms with Gasteiger partial charge in [-0.1, -0.05) is 6.92 Å². The summed E-state index contributed by atoms with van der Waals surface area (Å²) in [7, 11) is 0. The molecule has 0 unspecified atom stereocenters. The number of hydrogen-bond donors (Lipinski definition) is 1. The number of halogens is 1. The van der Waals surface area contributed by atoms with E-state index in [1.54, 1.807) is 0 Å². The molecule has 0 amide bonds. The minimum absolute atomic E-state index is 0.792. The zero-order chi connectivity index (χ0) is 7.70. The summed E-state index contributed by atoms with van der Waals surface area (Å²) in [5.41, 5.74) is 0. The fourth-order valence-corrected chi connectivity index (χ4v) is 0. The van der Waals surface area contributed by atoms with Crippen LogP contribution in [-0.2, 0) is 4.99 Å². The molecule has 0 atom stereocenters. The zero-order valence-corrected chi connectivity index (χ0v) is 5.67. The Morgan fingerprint density at radius 1 is 1.89 bits per heavy atom. The van der Waals surface area contributed by atoms with Crippen molar-refractivity contribution in [1.29, 1.82) is 0 Å². The summed E-state index contributed by atoms with van der Waals surface area (Å²) in [6, 6.07) is 0. The van der Waals surface area contributed by atoms with Crippen molar-refractivity contribution in [3.8, 4) is 0 Å². The maximum atomic E-state index is 8.70. The highest BCUT2D eigenvalue weighted by Crippen LogP contribution is 1.75. The molecule has 0 aromatic rings. The molecule has 56 valence electrons. The summed E-state index contributed by atoms with van der Waals surface area (Å²) in [6.45, 7) is 2.05. The van der Waals surface area contributed by atoms with E-state index in [4.69, 9.17) is 27.0 Å². The molecule has 0 rings (SSSR count). The summed E-state index contributed by atoms with van der Waals surface area (Å²) in [5.74, 6) is 0.792. The second kappa shape index (κ2) is 10.4. The Morgan fingerprint density at radius 3 is 2.11 bits per heavy atom. The smallest absolute Gasteiger partial charge is 0.214 e. The molecule has 5 nitrogen and oxygen atoms in total. The van der Waals surface area contributed by atoms with Crippen molar-refractivity contribution in [3.05, 3.63) is 10.1 Å². The highest BCUT2D eigenvalue weighted by Gasteiger charge is 1.80. The van der Waals surface area contributed by atoms with Gasteiger partial charge in [0.15, 0.2) is 0 Å². The molecule has 9 heavy (non-hydrogen) atoms. The highest BCUT2D eigenvalue weighted by atomic mass is 35.5. The van der Waals surface area contributed by atoms with Crippen molar-refractivity contribution >= 4 is 11.6 Å². The number of alkyl halides is 1. The monoisotopic (exact) mass is 157 g/mol. The molecule has 0 aliphatic carbocycles. The van der Waals surface area contributed by atoms with Gasteiger partial charge < -0.3 is 0 Å². The van der Waals surface area contributed by atoms with Crippen molar-refractivity contribution in [1.82, 2.24) is 0 Å². The van der Waals surface area contributed by atoms with Crippen LogP contribution in [-0.4, -0.2) is 16.2 Å². The molecule has 0 spiro atoms. The lowest BCUT2D eigenvalue weighted by Gasteiger charge is -1.72. The molecule has 1 N–H and O–H groups in total. The Kier molecular flexibility index (Phi) is 13.1. The molecule has 0 fully saturated rings. The predicted octanol–water partition coefficient (Wildman–Crippen LogP) is 1.30. The highest BCUT2D eigenvalue weighted by molar-refractivity contribution is 6.17. The maximum absolute atomic E-state index is 8.70. The van der Waals surface area contributed by atoms with Crippen LogP contribution >= 0.6 is 11.6 Å². The fraction of sp³-hybridized carbons (Fsp3) is 1.00. The Hall–Kier alpha value is -0.550. The topological polar surface area (TPSA) is 72.6 Å². The normalized spacial score (nSPS) is 7.00. The average Bonchev–Trinajstić information content (AvgIpc) is 1.89. The van der Waals surface area contributed by atoms with E-state index in [9.17, 15) is 0 Å². The van der Waals surface area contributed by atoms with E-state index < -0.39 is 5.09 Å². The molecule has 0 aliphatic heterocycles. The minimum atomic E-state index is -1.32. The Labute approximate surface area is 57.2 Å². The van der Waals surface area contributed by atoms with Gasteiger partial charge in [0.05, 0.1) is 0 Å². The minimum Gasteiger partial charge on any atom is -0.214 e. The molecule has 0 radical (unpaired) electrons. The van der Waals surface area contributed by atoms with Gasteiger partial charge in [0.1, 0.15) is 0 Å². The van der Waals surface area contributed by atoms with Gasteiger partial charge in [-0.05, 0) is 6.42 Å². The summed E-state index contributed by atoms with van der Waals surface area (Å²) in [4.78, 5) is 11.2. The van der Waals surface area contributed by atoms with Gasteiger partial charge >= 0.3 is 5.09 Å². The second-order valence-corrected chi connectivity index (χ2v) is 1.37. The third-order valence-corrected chi connectivity index (χ3v) is 0.634. The molecule has 0 aliphatic rings. The van der Waals surface area contributed by atoms with Crippen molar-refractivity contribution in [2.75, 3.05) is 5.88 Å². The lowest BCUT2D eigenvalue weighted by molar-refractivity contribution is -0.846. The van der Waals surface area contributed by atoms with Crippen LogP contribution in [0.2, 0.25) is 0 Å². The van der Waals surface area contributed by atoms with E-state index in [0.717, 1.165) is 12.3 Å². The van der Waals surface area contributed by atoms with Crippen LogP contribution < -0.4 is 0 Å². The molecular formula is C3H8ClNO4. The van der Waals surface area contributed by atoms with Gasteiger partial charge in [0.2, 0.25) is 0 Å². The molecule has 0 saturated heterocycles. The summed E-state index contributed by atoms with van der Waals surface area (Å²) < 4.78 is 0. The first-order chi connectivity index (χ1) is 4.18. The summed E-state index contributed by atoms with van der Waals surface area (Å²) in [6.07, 6.45) is 1.08. The van der Waals surface area contributed by atoms with Crippen LogP contribution in [0.4, 0.5) is 0 Å². The van der Waals surface area contributed by atoms with E-state index >= 15 is 0 Å². The molecule has 0 aromatic carbocycles. The van der Waals surface area contributed by atoms with E-state index in [1.165, 1.54) is 0 Å². The lowest BCUT2D eigenvalue weighted by Crippen LogP contribution is -1.92. The summed E-state index contributed by atoms with van der Waals surface area (Å²) >= 11 is 5.19. The van der Waals surface area contributed by atoms with Crippen LogP contribution in [0.15, 0.2) is 0 Å². The lowest BCUT2D eigenvalue weighted by atomic mass is 10.6. The molecule has 0 saturated carbocycles. The SMILES string of the molecule is CCCCl.O=[N+]([O-])OO. The van der Waals surface area contributed by atoms with Gasteiger partial charge in [-0.3, -0.25) is 0 Å². The van der Waals surface area contributed by atoms with Crippen LogP contribution in [0, 0.1) is 10.1 Å². The van der Waals surface area contributed by atoms with Crippen molar-refractivity contribution < 1.29 is 15.3 Å². The number of hydrogen-bond acceptors (Lipinski definition) is 4. The van der Waals surface area contributed by atoms with Crippen LogP contribution in [0.25, 0.3) is 0 Å². The Bertz CT molecular complexity index is 66.8. The van der Waals surface area contributed by atoms with Crippen LogP contribution in [0.1, 0.15) is 13.3 Å². The third kappa shape index (κ3) is 36.9. The van der Waals surface area contributed by atoms with Gasteiger partial charge in [0, 0.05) is 5.88 Å². The summed E-state index contributed by atoms with van der Waals surface area (Å²) in [5, 5.41) is 14.3. The molecule has 6 heteroatoms. The number of rotatable bonds is 2. The van der Waals surface area contributed by atoms with E-state index in [0.29, 0.717) is 0 Å². The van der Waals surface area contributed by atoms with Crippen molar-refractivity contribution in [3.63, 3.8) is 0 Å². The molecule has 0 heterocycles. The first-order valence-corrected chi connectivity index (χ1v) is 2.74. The fourth-order valence-electron chi connectivity index (χ4n) is 0. The van der Waals surface area contributed by atoms with Crippen LogP contribution in [0.5, 0.6) is 0 Å². The largest absolute Gasteiger partial charge is 0.322 e. The third-order valence-electron chi connectivity index (χ3n) is 0.256. The first kappa shape index (κ1) is 11.3.